The van der Waals surface area contributed by atoms with Gasteiger partial charge in [0.1, 0.15) is 0 Å². The average molecular weight is 270 g/mol. The fourth-order valence-electron chi connectivity index (χ4n) is 1.14. The molecule has 0 spiro atoms. The monoisotopic (exact) mass is 270 g/mol. The summed E-state index contributed by atoms with van der Waals surface area (Å²) in [5.74, 6) is -1.50. The van der Waals surface area contributed by atoms with Crippen molar-refractivity contribution >= 4 is 29.3 Å². The van der Waals surface area contributed by atoms with Crippen LogP contribution in [0.5, 0.6) is 0 Å². The smallest absolute Gasteiger partial charge is 0.334 e. The Morgan fingerprint density at radius 2 is 2.39 bits per heavy atom. The van der Waals surface area contributed by atoms with Crippen molar-refractivity contribution in [3.63, 3.8) is 0 Å². The van der Waals surface area contributed by atoms with Gasteiger partial charge < -0.3 is 15.2 Å². The number of carbonyl (C=O) groups excluding carboxylic acids is 1. The summed E-state index contributed by atoms with van der Waals surface area (Å²) in [4.78, 5) is 26.2. The Balaban J connectivity index is 2.42. The van der Waals surface area contributed by atoms with Crippen LogP contribution in [-0.2, 0) is 14.3 Å². The van der Waals surface area contributed by atoms with Crippen LogP contribution in [0.1, 0.15) is 10.7 Å². The summed E-state index contributed by atoms with van der Waals surface area (Å²) < 4.78 is 4.68. The van der Waals surface area contributed by atoms with E-state index in [9.17, 15) is 9.59 Å². The van der Waals surface area contributed by atoms with Gasteiger partial charge in [0, 0.05) is 18.6 Å². The number of thiazole rings is 1. The minimum atomic E-state index is -1.11. The Kier molecular flexibility index (Phi) is 5.47. The van der Waals surface area contributed by atoms with E-state index in [1.807, 2.05) is 12.3 Å². The number of methoxy groups -OCH3 is 1. The van der Waals surface area contributed by atoms with Gasteiger partial charge in [-0.3, -0.25) is 4.79 Å². The molecule has 0 fully saturated rings. The summed E-state index contributed by atoms with van der Waals surface area (Å²) in [6.07, 6.45) is 1.84. The molecule has 0 radical (unpaired) electrons. The number of nitrogens with one attached hydrogen (secondary N) is 1. The molecule has 2 N–H and O–H groups in total. The van der Waals surface area contributed by atoms with Crippen LogP contribution in [0.2, 0.25) is 0 Å². The molecule has 1 heterocycles. The Bertz CT molecular complexity index is 456. The number of aryl methyl sites for hydroxylation is 1. The highest BCUT2D eigenvalue weighted by Crippen LogP contribution is 2.08. The number of hydrogen-bond acceptors (Lipinski definition) is 5. The van der Waals surface area contributed by atoms with E-state index in [1.165, 1.54) is 24.5 Å². The zero-order valence-electron chi connectivity index (χ0n) is 10.0. The lowest BCUT2D eigenvalue weighted by Crippen LogP contribution is -2.37. The largest absolute Gasteiger partial charge is 0.479 e. The fraction of sp³-hybridized carbons (Fsp3) is 0.364. The number of rotatable bonds is 6. The Morgan fingerprint density at radius 3 is 2.89 bits per heavy atom. The number of nitrogens with zero attached hydrogens (tertiary/aromatic N) is 1. The van der Waals surface area contributed by atoms with E-state index in [4.69, 9.17) is 5.11 Å². The zero-order valence-corrected chi connectivity index (χ0v) is 10.9. The quantitative estimate of drug-likeness (QED) is 0.742. The summed E-state index contributed by atoms with van der Waals surface area (Å²) in [5, 5.41) is 13.9. The molecule has 0 bridgehead atoms. The van der Waals surface area contributed by atoms with Crippen LogP contribution in [0.15, 0.2) is 11.5 Å². The molecule has 0 aliphatic heterocycles. The van der Waals surface area contributed by atoms with Crippen molar-refractivity contribution in [1.29, 1.82) is 0 Å². The summed E-state index contributed by atoms with van der Waals surface area (Å²) in [6.45, 7) is 1.79. The van der Waals surface area contributed by atoms with Crippen LogP contribution in [0.3, 0.4) is 0 Å². The number of hydrogen-bond donors (Lipinski definition) is 2. The zero-order chi connectivity index (χ0) is 13.5. The van der Waals surface area contributed by atoms with E-state index in [2.05, 4.69) is 15.0 Å². The van der Waals surface area contributed by atoms with E-state index in [0.717, 1.165) is 5.01 Å². The molecule has 0 saturated heterocycles. The van der Waals surface area contributed by atoms with E-state index in [-0.39, 0.29) is 12.5 Å². The molecule has 0 aliphatic rings. The third-order valence-corrected chi connectivity index (χ3v) is 2.86. The number of aromatic nitrogens is 1. The summed E-state index contributed by atoms with van der Waals surface area (Å²) in [7, 11) is 1.28. The van der Waals surface area contributed by atoms with Crippen molar-refractivity contribution in [2.45, 2.75) is 13.0 Å². The maximum atomic E-state index is 11.4. The van der Waals surface area contributed by atoms with Gasteiger partial charge in [-0.25, -0.2) is 9.78 Å². The van der Waals surface area contributed by atoms with Crippen LogP contribution in [-0.4, -0.2) is 41.7 Å². The van der Waals surface area contributed by atoms with Gasteiger partial charge >= 0.3 is 5.97 Å². The molecule has 0 aromatic carbocycles. The number of aliphatic carboxylic acids is 1. The van der Waals surface area contributed by atoms with Crippen molar-refractivity contribution in [3.8, 4) is 0 Å². The molecule has 0 aliphatic carbocycles. The highest BCUT2D eigenvalue weighted by atomic mass is 32.1. The summed E-state index contributed by atoms with van der Waals surface area (Å²) in [6, 6.07) is 0. The van der Waals surface area contributed by atoms with E-state index in [1.54, 1.807) is 6.08 Å². The predicted molar refractivity (Wildman–Crippen MR) is 67.3 cm³/mol. The van der Waals surface area contributed by atoms with Crippen LogP contribution in [0.25, 0.3) is 6.08 Å². The molecule has 6 nitrogen and oxygen atoms in total. The van der Waals surface area contributed by atoms with Gasteiger partial charge in [-0.1, -0.05) is 0 Å². The number of ether oxygens (including phenoxy) is 1. The first-order valence-corrected chi connectivity index (χ1v) is 6.04. The first-order chi connectivity index (χ1) is 8.52. The van der Waals surface area contributed by atoms with Gasteiger partial charge in [0.05, 0.1) is 17.2 Å². The normalized spacial score (nSPS) is 12.6. The van der Waals surface area contributed by atoms with Crippen LogP contribution >= 0.6 is 11.3 Å². The van der Waals surface area contributed by atoms with Crippen molar-refractivity contribution in [2.75, 3.05) is 13.7 Å². The van der Waals surface area contributed by atoms with Gasteiger partial charge in [-0.2, -0.15) is 0 Å². The third kappa shape index (κ3) is 4.64. The molecule has 0 saturated carbocycles. The van der Waals surface area contributed by atoms with Crippen LogP contribution in [0, 0.1) is 6.92 Å². The van der Waals surface area contributed by atoms with E-state index in [0.29, 0.717) is 5.69 Å². The molecule has 1 rings (SSSR count). The second kappa shape index (κ2) is 6.87. The SMILES string of the molecule is COC(CNC(=O)/C=C/c1csc(C)n1)C(=O)O. The lowest BCUT2D eigenvalue weighted by molar-refractivity contribution is -0.148. The predicted octanol–water partition coefficient (Wildman–Crippen LogP) is 0.681. The van der Waals surface area contributed by atoms with Crippen molar-refractivity contribution in [2.24, 2.45) is 0 Å². The minimum Gasteiger partial charge on any atom is -0.479 e. The Hall–Kier alpha value is -1.73. The van der Waals surface area contributed by atoms with Gasteiger partial charge in [0.15, 0.2) is 6.10 Å². The van der Waals surface area contributed by atoms with Gasteiger partial charge in [0.25, 0.3) is 0 Å². The van der Waals surface area contributed by atoms with Crippen molar-refractivity contribution in [3.05, 3.63) is 22.2 Å². The van der Waals surface area contributed by atoms with E-state index >= 15 is 0 Å². The molecule has 1 amide bonds. The maximum Gasteiger partial charge on any atom is 0.334 e. The third-order valence-electron chi connectivity index (χ3n) is 2.06. The summed E-state index contributed by atoms with van der Waals surface area (Å²) >= 11 is 1.49. The molecule has 1 atom stereocenters. The lowest BCUT2D eigenvalue weighted by Gasteiger charge is -2.09. The molecule has 18 heavy (non-hydrogen) atoms. The average Bonchev–Trinajstić information content (AvgIpc) is 2.73. The highest BCUT2D eigenvalue weighted by Gasteiger charge is 2.16. The number of carbonyl (C=O) groups is 2. The summed E-state index contributed by atoms with van der Waals surface area (Å²) in [5.41, 5.74) is 0.703. The Labute approximate surface area is 108 Å². The molecule has 1 unspecified atom stereocenters. The van der Waals surface area contributed by atoms with Crippen LogP contribution in [0.4, 0.5) is 0 Å². The lowest BCUT2D eigenvalue weighted by atomic mass is 10.3. The molecular formula is C11H14N2O4S. The molecular weight excluding hydrogens is 256 g/mol. The second-order valence-electron chi connectivity index (χ2n) is 3.43. The van der Waals surface area contributed by atoms with Crippen molar-refractivity contribution in [1.82, 2.24) is 10.3 Å². The van der Waals surface area contributed by atoms with Gasteiger partial charge in [0.2, 0.25) is 5.91 Å². The second-order valence-corrected chi connectivity index (χ2v) is 4.49. The molecule has 1 aromatic heterocycles. The molecule has 98 valence electrons. The standard InChI is InChI=1S/C11H14N2O4S/c1-7-13-8(6-18-7)3-4-10(14)12-5-9(17-2)11(15)16/h3-4,6,9H,5H2,1-2H3,(H,12,14)(H,15,16)/b4-3+. The fourth-order valence-corrected chi connectivity index (χ4v) is 1.72. The number of carboxylic acids is 1. The topological polar surface area (TPSA) is 88.5 Å². The molecule has 1 aromatic rings. The molecule has 7 heteroatoms. The van der Waals surface area contributed by atoms with Gasteiger partial charge in [-0.05, 0) is 13.0 Å². The van der Waals surface area contributed by atoms with E-state index < -0.39 is 12.1 Å². The van der Waals surface area contributed by atoms with Gasteiger partial charge in [-0.15, -0.1) is 11.3 Å². The van der Waals surface area contributed by atoms with Crippen LogP contribution < -0.4 is 5.32 Å². The highest BCUT2D eigenvalue weighted by molar-refractivity contribution is 7.09. The Morgan fingerprint density at radius 1 is 1.67 bits per heavy atom. The number of amides is 1. The maximum absolute atomic E-state index is 11.4. The number of carboxylic acid groups (broad SMARTS) is 1. The first-order valence-electron chi connectivity index (χ1n) is 5.16. The minimum absolute atomic E-state index is 0.0783. The van der Waals surface area contributed by atoms with Crippen molar-refractivity contribution < 1.29 is 19.4 Å². The first kappa shape index (κ1) is 14.3.